The van der Waals surface area contributed by atoms with Crippen molar-refractivity contribution in [1.29, 1.82) is 0 Å². The van der Waals surface area contributed by atoms with Gasteiger partial charge in [-0.25, -0.2) is 0 Å². The molecule has 7 aliphatic rings. The number of rotatable bonds is 6. The number of aliphatic hydroxyl groups is 1. The van der Waals surface area contributed by atoms with Crippen LogP contribution in [-0.2, 0) is 50.3 Å². The lowest BCUT2D eigenvalue weighted by Crippen LogP contribution is -2.62. The number of methoxy groups -OCH3 is 1. The molecular formula is C75H75NO10S2. The van der Waals surface area contributed by atoms with E-state index in [-0.39, 0.29) is 71.1 Å². The number of nitrogens with one attached hydrogen (secondary N) is 1. The molecule has 5 aliphatic carbocycles. The van der Waals surface area contributed by atoms with Gasteiger partial charge in [-0.15, -0.1) is 0 Å². The van der Waals surface area contributed by atoms with Crippen molar-refractivity contribution in [2.75, 3.05) is 31.8 Å². The molecule has 7 aromatic carbocycles. The molecule has 0 amide bonds. The first-order chi connectivity index (χ1) is 42.8. The third kappa shape index (κ3) is 11.0. The summed E-state index contributed by atoms with van der Waals surface area (Å²) in [5.41, 5.74) is 7.66. The number of ether oxygens (including phenoxy) is 4. The number of esters is 2. The first-order valence-corrected chi connectivity index (χ1v) is 33.9. The van der Waals surface area contributed by atoms with Crippen LogP contribution in [0.5, 0.6) is 28.7 Å². The van der Waals surface area contributed by atoms with Crippen molar-refractivity contribution in [3.63, 3.8) is 0 Å². The molecule has 7 aromatic rings. The number of carbonyl (C=O) groups excluding carboxylic acids is 2. The zero-order valence-electron chi connectivity index (χ0n) is 49.7. The Hall–Kier alpha value is -7.34. The van der Waals surface area contributed by atoms with E-state index in [0.29, 0.717) is 75.5 Å². The lowest BCUT2D eigenvalue weighted by Gasteiger charge is -2.64. The van der Waals surface area contributed by atoms with E-state index in [0.717, 1.165) is 79.4 Å². The zero-order chi connectivity index (χ0) is 60.3. The SMILES string of the molecule is COc1cc2c(cc1O)[C@@H]1C[C@H](O)[C@H]3Cc4cc(O)c5cc4[C@@H]4C[C@@H](C[C@@H](OC(C)=O)[C@@H](C2)[C@@]1(/C=C/c1ccccc1)[C@H]34)OC(=O)[C@@]12C[C@@H](C#C[C@H](Cc3ccccc3)CNCc3cccc(c3)-c3cc(O)cc4ccc1cc34)C[C@H](CSSCCO5)C2. The molecule has 11 bridgehead atoms. The van der Waals surface area contributed by atoms with Gasteiger partial charge in [0.05, 0.1) is 25.2 Å². The monoisotopic (exact) mass is 1210 g/mol. The highest BCUT2D eigenvalue weighted by atomic mass is 33.1. The van der Waals surface area contributed by atoms with Gasteiger partial charge in [0, 0.05) is 61.1 Å². The molecule has 0 aromatic heterocycles. The van der Waals surface area contributed by atoms with E-state index in [1.165, 1.54) is 12.5 Å². The minimum atomic E-state index is -1.21. The maximum atomic E-state index is 17.0. The molecule has 13 atom stereocenters. The fraction of sp³-hybridized carbons (Fsp3) is 0.387. The summed E-state index contributed by atoms with van der Waals surface area (Å²) in [7, 11) is 5.04. The number of aliphatic hydroxyl groups excluding tert-OH is 1. The predicted octanol–water partition coefficient (Wildman–Crippen LogP) is 13.7. The maximum absolute atomic E-state index is 17.0. The molecule has 88 heavy (non-hydrogen) atoms. The first kappa shape index (κ1) is 58.3. The van der Waals surface area contributed by atoms with Crippen LogP contribution in [0.15, 0.2) is 146 Å². The van der Waals surface area contributed by atoms with Gasteiger partial charge in [-0.1, -0.05) is 137 Å². The highest BCUT2D eigenvalue weighted by Gasteiger charge is 2.66. The average Bonchev–Trinajstić information content (AvgIpc) is 0.702. The second-order valence-electron chi connectivity index (χ2n) is 26.0. The molecule has 0 unspecified atom stereocenters. The van der Waals surface area contributed by atoms with Crippen LogP contribution in [0.3, 0.4) is 0 Å². The van der Waals surface area contributed by atoms with E-state index in [9.17, 15) is 25.2 Å². The highest BCUT2D eigenvalue weighted by Crippen LogP contribution is 2.70. The average molecular weight is 1210 g/mol. The lowest BCUT2D eigenvalue weighted by atomic mass is 9.40. The second kappa shape index (κ2) is 24.2. The van der Waals surface area contributed by atoms with Crippen LogP contribution in [0.2, 0.25) is 0 Å². The van der Waals surface area contributed by atoms with Gasteiger partial charge in [0.1, 0.15) is 18.0 Å². The largest absolute Gasteiger partial charge is 0.508 e. The molecular weight excluding hydrogens is 1140 g/mol. The summed E-state index contributed by atoms with van der Waals surface area (Å²) in [5.74, 6) is 7.16. The van der Waals surface area contributed by atoms with Crippen LogP contribution < -0.4 is 14.8 Å². The minimum Gasteiger partial charge on any atom is -0.508 e. The minimum absolute atomic E-state index is 0.0106. The Kier molecular flexibility index (Phi) is 16.1. The number of carbonyl (C=O) groups is 2. The number of hydrogen-bond acceptors (Lipinski definition) is 13. The predicted molar refractivity (Wildman–Crippen MR) is 346 cm³/mol. The Labute approximate surface area is 523 Å². The molecule has 0 radical (unpaired) electrons. The molecule has 0 saturated heterocycles. The number of benzene rings is 7. The molecule has 3 fully saturated rings. The summed E-state index contributed by atoms with van der Waals surface area (Å²) in [6.07, 6.45) is 6.33. The number of hydrogen-bond donors (Lipinski definition) is 5. The van der Waals surface area contributed by atoms with Gasteiger partial charge >= 0.3 is 11.9 Å². The molecule has 13 heteroatoms. The molecule has 2 heterocycles. The summed E-state index contributed by atoms with van der Waals surface area (Å²) < 4.78 is 26.7. The van der Waals surface area contributed by atoms with Crippen molar-refractivity contribution in [3.8, 4) is 51.7 Å². The Morgan fingerprint density at radius 3 is 2.48 bits per heavy atom. The Morgan fingerprint density at radius 1 is 0.818 bits per heavy atom. The van der Waals surface area contributed by atoms with Gasteiger partial charge in [0.15, 0.2) is 23.0 Å². The quantitative estimate of drug-likeness (QED) is 0.0608. The van der Waals surface area contributed by atoms with Crippen molar-refractivity contribution < 1.29 is 49.0 Å². The van der Waals surface area contributed by atoms with E-state index in [1.54, 1.807) is 34.8 Å². The smallest absolute Gasteiger partial charge is 0.316 e. The van der Waals surface area contributed by atoms with E-state index >= 15 is 4.79 Å². The summed E-state index contributed by atoms with van der Waals surface area (Å²) in [6, 6.07) is 46.6. The summed E-state index contributed by atoms with van der Waals surface area (Å²) in [6.45, 7) is 3.09. The van der Waals surface area contributed by atoms with Crippen LogP contribution in [0.1, 0.15) is 102 Å². The lowest BCUT2D eigenvalue weighted by molar-refractivity contribution is -0.179. The normalized spacial score (nSPS) is 29.9. The number of phenols is 3. The molecule has 1 spiro atoms. The number of allylic oxidation sites excluding steroid dienone is 1. The highest BCUT2D eigenvalue weighted by molar-refractivity contribution is 8.76. The summed E-state index contributed by atoms with van der Waals surface area (Å²) in [4.78, 5) is 31.0. The number of phenolic OH excluding ortho intramolecular Hbond substituents is 3. The Morgan fingerprint density at radius 2 is 1.65 bits per heavy atom. The van der Waals surface area contributed by atoms with E-state index in [4.69, 9.17) is 18.9 Å². The standard InChI is InChI=1S/C75H75NO10S2/c1-44(77)85-69-35-57-34-62-60-37-71(67(80)30-53(60)28-63-66(79)38-64-61-36-68(81)70(83-2)31-54(61)29-65(69)75(64,72(62)63)21-20-45-10-5-3-6-11-45)84-22-23-87-88-43-50-25-47-16-17-49(24-46-12-7-4-8-13-46)42-76-41-48-14-9-15-51(26-48)59-33-56(78)27-52-18-19-55(32-58(52)59)74(39-47,40-50)73(82)86-57/h3-15,18-21,26-27,30-33,36-37,47,49-50,57,62-66,69,72,76,78-81H,22-25,28-29,34-35,38-43H2,1-2H3/b21-20+/t47-,49+,50-,57-,62-,63+,64-,65+,66-,69+,72-,74+,75-/m0/s1. The molecule has 14 rings (SSSR count). The Bertz CT molecular complexity index is 3900. The van der Waals surface area contributed by atoms with E-state index in [1.807, 2.05) is 60.7 Å². The van der Waals surface area contributed by atoms with E-state index in [2.05, 4.69) is 102 Å². The number of fused-ring (bicyclic) bond motifs is 10. The van der Waals surface area contributed by atoms with Gasteiger partial charge in [-0.05, 0) is 196 Å². The molecule has 2 aliphatic heterocycles. The third-order valence-corrected chi connectivity index (χ3v) is 23.3. The molecule has 11 nitrogen and oxygen atoms in total. The van der Waals surface area contributed by atoms with Crippen molar-refractivity contribution in [2.45, 2.75) is 107 Å². The van der Waals surface area contributed by atoms with Crippen LogP contribution >= 0.6 is 21.6 Å². The Balaban J connectivity index is 0.973. The van der Waals surface area contributed by atoms with Crippen molar-refractivity contribution >= 4 is 50.4 Å². The molecule has 3 saturated carbocycles. The maximum Gasteiger partial charge on any atom is 0.316 e. The van der Waals surface area contributed by atoms with Gasteiger partial charge < -0.3 is 44.7 Å². The van der Waals surface area contributed by atoms with Gasteiger partial charge in [0.2, 0.25) is 0 Å². The zero-order valence-corrected chi connectivity index (χ0v) is 51.4. The number of aromatic hydroxyl groups is 3. The fourth-order valence-corrected chi connectivity index (χ4v) is 19.5. The molecule has 452 valence electrons. The van der Waals surface area contributed by atoms with Gasteiger partial charge in [-0.2, -0.15) is 0 Å². The van der Waals surface area contributed by atoms with Crippen LogP contribution in [0.25, 0.3) is 28.0 Å². The summed E-state index contributed by atoms with van der Waals surface area (Å²) in [5, 5.41) is 53.5. The van der Waals surface area contributed by atoms with Gasteiger partial charge in [0.25, 0.3) is 0 Å². The van der Waals surface area contributed by atoms with Crippen molar-refractivity contribution in [3.05, 3.63) is 190 Å². The van der Waals surface area contributed by atoms with Gasteiger partial charge in [-0.3, -0.25) is 9.59 Å². The van der Waals surface area contributed by atoms with Crippen molar-refractivity contribution in [2.24, 2.45) is 40.9 Å². The van der Waals surface area contributed by atoms with E-state index < -0.39 is 41.0 Å². The van der Waals surface area contributed by atoms with Crippen LogP contribution in [0, 0.1) is 52.8 Å². The van der Waals surface area contributed by atoms with Crippen LogP contribution in [-0.4, -0.2) is 82.4 Å². The fourth-order valence-electron chi connectivity index (χ4n) is 17.2. The molecule has 5 N–H and O–H groups in total. The van der Waals surface area contributed by atoms with Crippen molar-refractivity contribution in [1.82, 2.24) is 5.32 Å². The summed E-state index contributed by atoms with van der Waals surface area (Å²) >= 11 is 0. The topological polar surface area (TPSA) is 164 Å². The third-order valence-electron chi connectivity index (χ3n) is 20.8. The van der Waals surface area contributed by atoms with Crippen LogP contribution in [0.4, 0.5) is 0 Å². The first-order valence-electron chi connectivity index (χ1n) is 31.4. The second-order valence-corrected chi connectivity index (χ2v) is 28.6.